The molecule has 4 rings (SSSR count). The van der Waals surface area contributed by atoms with Crippen molar-refractivity contribution in [3.8, 4) is 5.75 Å². The molecule has 1 atom stereocenters. The van der Waals surface area contributed by atoms with Crippen molar-refractivity contribution in [2.45, 2.75) is 37.2 Å². The maximum atomic E-state index is 10.3. The van der Waals surface area contributed by atoms with Crippen molar-refractivity contribution in [2.24, 2.45) is 0 Å². The van der Waals surface area contributed by atoms with Crippen LogP contribution >= 0.6 is 0 Å². The van der Waals surface area contributed by atoms with Crippen molar-refractivity contribution in [1.82, 2.24) is 4.90 Å². The summed E-state index contributed by atoms with van der Waals surface area (Å²) in [5.74, 6) is 0.821. The van der Waals surface area contributed by atoms with E-state index in [1.54, 1.807) is 11.1 Å². The van der Waals surface area contributed by atoms with Crippen molar-refractivity contribution in [2.75, 3.05) is 26.2 Å². The largest absolute Gasteiger partial charge is 0.491 e. The van der Waals surface area contributed by atoms with Crippen LogP contribution < -0.4 is 4.74 Å². The van der Waals surface area contributed by atoms with E-state index in [1.165, 1.54) is 25.7 Å². The van der Waals surface area contributed by atoms with E-state index >= 15 is 0 Å². The highest BCUT2D eigenvalue weighted by Crippen LogP contribution is 2.46. The van der Waals surface area contributed by atoms with E-state index in [4.69, 9.17) is 4.74 Å². The van der Waals surface area contributed by atoms with Crippen LogP contribution in [0.25, 0.3) is 0 Å². The van der Waals surface area contributed by atoms with Crippen molar-refractivity contribution >= 4 is 0 Å². The molecule has 2 aromatic carbocycles. The Labute approximate surface area is 150 Å². The second kappa shape index (κ2) is 7.19. The Kier molecular flexibility index (Phi) is 4.78. The Morgan fingerprint density at radius 3 is 2.48 bits per heavy atom. The molecule has 1 saturated heterocycles. The lowest BCUT2D eigenvalue weighted by Crippen LogP contribution is -2.45. The molecule has 0 unspecified atom stereocenters. The topological polar surface area (TPSA) is 32.7 Å². The van der Waals surface area contributed by atoms with Gasteiger partial charge in [-0.15, -0.1) is 0 Å². The number of piperidine rings is 1. The number of ether oxygens (including phenoxy) is 1. The number of aliphatic hydroxyl groups excluding tert-OH is 1. The number of aliphatic hydroxyl groups is 1. The molecule has 2 aliphatic rings. The van der Waals surface area contributed by atoms with E-state index in [0.717, 1.165) is 18.8 Å². The molecule has 1 heterocycles. The quantitative estimate of drug-likeness (QED) is 0.907. The van der Waals surface area contributed by atoms with Crippen LogP contribution in [0.15, 0.2) is 54.6 Å². The van der Waals surface area contributed by atoms with Gasteiger partial charge >= 0.3 is 0 Å². The van der Waals surface area contributed by atoms with Crippen molar-refractivity contribution in [3.05, 3.63) is 65.7 Å². The van der Waals surface area contributed by atoms with Crippen molar-refractivity contribution in [3.63, 3.8) is 0 Å². The third kappa shape index (κ3) is 3.58. The van der Waals surface area contributed by atoms with Gasteiger partial charge in [0.05, 0.1) is 0 Å². The van der Waals surface area contributed by atoms with E-state index in [-0.39, 0.29) is 0 Å². The fourth-order valence-electron chi connectivity index (χ4n) is 4.51. The van der Waals surface area contributed by atoms with Crippen LogP contribution in [0.4, 0.5) is 0 Å². The normalized spacial score (nSPS) is 20.4. The van der Waals surface area contributed by atoms with Crippen LogP contribution in [-0.2, 0) is 11.8 Å². The molecular weight excluding hydrogens is 310 g/mol. The predicted molar refractivity (Wildman–Crippen MR) is 100 cm³/mol. The smallest absolute Gasteiger partial charge is 0.119 e. The first-order chi connectivity index (χ1) is 12.3. The molecule has 1 spiro atoms. The zero-order valence-electron chi connectivity index (χ0n) is 14.7. The first-order valence-corrected chi connectivity index (χ1v) is 9.42. The first kappa shape index (κ1) is 16.6. The van der Waals surface area contributed by atoms with E-state index in [2.05, 4.69) is 29.2 Å². The van der Waals surface area contributed by atoms with Crippen LogP contribution in [-0.4, -0.2) is 42.4 Å². The number of likely N-dealkylation sites (tertiary alicyclic amines) is 1. The average molecular weight is 337 g/mol. The summed E-state index contributed by atoms with van der Waals surface area (Å²) in [6.45, 7) is 3.19. The van der Waals surface area contributed by atoms with Gasteiger partial charge in [0, 0.05) is 6.54 Å². The molecule has 1 fully saturated rings. The summed E-state index contributed by atoms with van der Waals surface area (Å²) in [5, 5.41) is 10.3. The Morgan fingerprint density at radius 1 is 0.960 bits per heavy atom. The van der Waals surface area contributed by atoms with Gasteiger partial charge in [0.1, 0.15) is 18.5 Å². The van der Waals surface area contributed by atoms with Gasteiger partial charge in [-0.05, 0) is 67.4 Å². The minimum absolute atomic E-state index is 0.356. The van der Waals surface area contributed by atoms with E-state index in [9.17, 15) is 5.11 Å². The first-order valence-electron chi connectivity index (χ1n) is 9.42. The van der Waals surface area contributed by atoms with Crippen molar-refractivity contribution in [1.29, 1.82) is 0 Å². The minimum atomic E-state index is -0.440. The minimum Gasteiger partial charge on any atom is -0.491 e. The highest BCUT2D eigenvalue weighted by atomic mass is 16.5. The van der Waals surface area contributed by atoms with Gasteiger partial charge in [-0.3, -0.25) is 0 Å². The summed E-state index contributed by atoms with van der Waals surface area (Å²) in [4.78, 5) is 2.39. The number of β-amino-alcohol motifs (C(OH)–C–C–N with tert-alkyl or cyclic N) is 1. The van der Waals surface area contributed by atoms with E-state index in [0.29, 0.717) is 18.6 Å². The Bertz CT molecular complexity index is 692. The molecule has 2 aromatic rings. The van der Waals surface area contributed by atoms with Crippen LogP contribution in [0, 0.1) is 0 Å². The second-order valence-electron chi connectivity index (χ2n) is 7.52. The lowest BCUT2D eigenvalue weighted by atomic mass is 9.74. The molecule has 0 radical (unpaired) electrons. The zero-order valence-corrected chi connectivity index (χ0v) is 14.7. The highest BCUT2D eigenvalue weighted by Gasteiger charge is 2.40. The van der Waals surface area contributed by atoms with Gasteiger partial charge in [0.2, 0.25) is 0 Å². The number of hydrogen-bond acceptors (Lipinski definition) is 3. The number of benzene rings is 2. The highest BCUT2D eigenvalue weighted by molar-refractivity contribution is 5.39. The zero-order chi connectivity index (χ0) is 17.1. The molecule has 1 N–H and O–H groups in total. The maximum absolute atomic E-state index is 10.3. The standard InChI is InChI=1S/C22H27NO2/c24-19(17-25-20-7-2-1-3-8-20)16-23-14-12-22(13-15-23)11-10-18-6-4-5-9-21(18)22/h1-9,19,24H,10-17H2/t19-/m0/s1. The lowest BCUT2D eigenvalue weighted by Gasteiger charge is -2.40. The second-order valence-corrected chi connectivity index (χ2v) is 7.52. The van der Waals surface area contributed by atoms with Gasteiger partial charge in [-0.2, -0.15) is 0 Å². The summed E-state index contributed by atoms with van der Waals surface area (Å²) in [7, 11) is 0. The monoisotopic (exact) mass is 337 g/mol. The van der Waals surface area contributed by atoms with E-state index < -0.39 is 6.10 Å². The van der Waals surface area contributed by atoms with Gasteiger partial charge < -0.3 is 14.7 Å². The Balaban J connectivity index is 1.28. The molecule has 3 heteroatoms. The molecule has 25 heavy (non-hydrogen) atoms. The van der Waals surface area contributed by atoms with Gasteiger partial charge in [-0.1, -0.05) is 42.5 Å². The summed E-state index contributed by atoms with van der Waals surface area (Å²) in [6.07, 6.45) is 4.49. The molecular formula is C22H27NO2. The third-order valence-electron chi connectivity index (χ3n) is 5.93. The summed E-state index contributed by atoms with van der Waals surface area (Å²) in [5.41, 5.74) is 3.52. The molecule has 0 bridgehead atoms. The van der Waals surface area contributed by atoms with Crippen LogP contribution in [0.3, 0.4) is 0 Å². The van der Waals surface area contributed by atoms with Crippen molar-refractivity contribution < 1.29 is 9.84 Å². The summed E-state index contributed by atoms with van der Waals surface area (Å²) >= 11 is 0. The maximum Gasteiger partial charge on any atom is 0.119 e. The average Bonchev–Trinajstić information content (AvgIpc) is 3.02. The molecule has 1 aliphatic carbocycles. The number of fused-ring (bicyclic) bond motifs is 2. The van der Waals surface area contributed by atoms with Crippen LogP contribution in [0.1, 0.15) is 30.4 Å². The van der Waals surface area contributed by atoms with Gasteiger partial charge in [0.25, 0.3) is 0 Å². The van der Waals surface area contributed by atoms with E-state index in [1.807, 2.05) is 30.3 Å². The number of nitrogens with zero attached hydrogens (tertiary/aromatic N) is 1. The van der Waals surface area contributed by atoms with Gasteiger partial charge in [-0.25, -0.2) is 0 Å². The lowest BCUT2D eigenvalue weighted by molar-refractivity contribution is 0.0505. The number of rotatable bonds is 5. The fourth-order valence-corrected chi connectivity index (χ4v) is 4.51. The molecule has 0 saturated carbocycles. The molecule has 3 nitrogen and oxygen atoms in total. The summed E-state index contributed by atoms with van der Waals surface area (Å²) in [6, 6.07) is 18.7. The Morgan fingerprint density at radius 2 is 1.68 bits per heavy atom. The summed E-state index contributed by atoms with van der Waals surface area (Å²) < 4.78 is 5.67. The number of hydrogen-bond donors (Lipinski definition) is 1. The molecule has 132 valence electrons. The number of para-hydroxylation sites is 1. The Hall–Kier alpha value is -1.84. The third-order valence-corrected chi connectivity index (χ3v) is 5.93. The number of aryl methyl sites for hydroxylation is 1. The fraction of sp³-hybridized carbons (Fsp3) is 0.455. The van der Waals surface area contributed by atoms with Crippen LogP contribution in [0.5, 0.6) is 5.75 Å². The molecule has 0 aromatic heterocycles. The SMILES string of the molecule is O[C@H](COc1ccccc1)CN1CCC2(CCc3ccccc32)CC1. The predicted octanol–water partition coefficient (Wildman–Crippen LogP) is 3.41. The van der Waals surface area contributed by atoms with Gasteiger partial charge in [0.15, 0.2) is 0 Å². The van der Waals surface area contributed by atoms with Crippen LogP contribution in [0.2, 0.25) is 0 Å². The molecule has 1 aliphatic heterocycles. The molecule has 0 amide bonds.